The Morgan fingerprint density at radius 1 is 1.56 bits per heavy atom. The van der Waals surface area contributed by atoms with E-state index in [-0.39, 0.29) is 11.7 Å². The van der Waals surface area contributed by atoms with Crippen molar-refractivity contribution in [1.29, 1.82) is 0 Å². The van der Waals surface area contributed by atoms with Crippen LogP contribution in [0.3, 0.4) is 0 Å². The fraction of sp³-hybridized carbons (Fsp3) is 0.364. The van der Waals surface area contributed by atoms with Crippen LogP contribution in [0.4, 0.5) is 5.69 Å². The van der Waals surface area contributed by atoms with Crippen LogP contribution in [0.25, 0.3) is 0 Å². The topological polar surface area (TPSA) is 61.4 Å². The fourth-order valence-electron chi connectivity index (χ4n) is 1.57. The normalized spacial score (nSPS) is 15.6. The van der Waals surface area contributed by atoms with Gasteiger partial charge in [-0.2, -0.15) is 0 Å². The second kappa shape index (κ2) is 4.84. The summed E-state index contributed by atoms with van der Waals surface area (Å²) in [5.41, 5.74) is 0.451. The summed E-state index contributed by atoms with van der Waals surface area (Å²) >= 11 is 3.20. The summed E-state index contributed by atoms with van der Waals surface area (Å²) in [5, 5.41) is 15.5. The molecule has 1 fully saturated rings. The van der Waals surface area contributed by atoms with E-state index in [1.165, 1.54) is 0 Å². The van der Waals surface area contributed by atoms with Crippen LogP contribution in [0.2, 0.25) is 0 Å². The van der Waals surface area contributed by atoms with Crippen molar-refractivity contribution < 1.29 is 9.90 Å². The molecule has 0 atom stereocenters. The number of rotatable bonds is 3. The molecular weight excluding hydrogens is 272 g/mol. The van der Waals surface area contributed by atoms with Gasteiger partial charge in [0, 0.05) is 6.42 Å². The van der Waals surface area contributed by atoms with E-state index >= 15 is 0 Å². The molecule has 3 N–H and O–H groups in total. The van der Waals surface area contributed by atoms with Gasteiger partial charge >= 0.3 is 0 Å². The predicted molar refractivity (Wildman–Crippen MR) is 65.4 cm³/mol. The molecule has 1 saturated heterocycles. The van der Waals surface area contributed by atoms with Gasteiger partial charge in [0.25, 0.3) is 0 Å². The third-order valence-electron chi connectivity index (χ3n) is 2.60. The van der Waals surface area contributed by atoms with Crippen molar-refractivity contribution in [3.05, 3.63) is 22.7 Å². The van der Waals surface area contributed by atoms with Gasteiger partial charge in [0.05, 0.1) is 10.2 Å². The number of hydrogen-bond donors (Lipinski definition) is 3. The number of aromatic hydroxyl groups is 1. The highest BCUT2D eigenvalue weighted by atomic mass is 79.9. The lowest BCUT2D eigenvalue weighted by molar-refractivity contribution is -0.117. The summed E-state index contributed by atoms with van der Waals surface area (Å²) in [5.74, 6) is 0.441. The molecule has 1 aromatic carbocycles. The zero-order valence-corrected chi connectivity index (χ0v) is 10.3. The van der Waals surface area contributed by atoms with E-state index in [9.17, 15) is 9.90 Å². The van der Waals surface area contributed by atoms with Crippen molar-refractivity contribution in [3.8, 4) is 5.75 Å². The Balaban J connectivity index is 1.97. The summed E-state index contributed by atoms with van der Waals surface area (Å²) in [4.78, 5) is 11.6. The molecule has 1 aromatic rings. The molecule has 0 aliphatic carbocycles. The van der Waals surface area contributed by atoms with E-state index < -0.39 is 0 Å². The molecule has 0 unspecified atom stereocenters. The summed E-state index contributed by atoms with van der Waals surface area (Å²) in [6, 6.07) is 5.17. The predicted octanol–water partition coefficient (Wildman–Crippen LogP) is 1.70. The Morgan fingerprint density at radius 2 is 2.31 bits per heavy atom. The number of carbonyl (C=O) groups excluding carboxylic acids is 1. The molecule has 2 rings (SSSR count). The Bertz CT molecular complexity index is 405. The molecule has 0 aromatic heterocycles. The first kappa shape index (κ1) is 11.4. The van der Waals surface area contributed by atoms with Crippen molar-refractivity contribution in [1.82, 2.24) is 5.32 Å². The second-order valence-corrected chi connectivity index (χ2v) is 4.77. The first-order valence-corrected chi connectivity index (χ1v) is 5.94. The van der Waals surface area contributed by atoms with Crippen molar-refractivity contribution in [2.45, 2.75) is 6.42 Å². The molecule has 0 saturated carbocycles. The van der Waals surface area contributed by atoms with Crippen molar-refractivity contribution in [2.75, 3.05) is 18.4 Å². The summed E-state index contributed by atoms with van der Waals surface area (Å²) in [7, 11) is 0. The van der Waals surface area contributed by atoms with Crippen LogP contribution in [0.5, 0.6) is 5.75 Å². The zero-order chi connectivity index (χ0) is 11.5. The summed E-state index contributed by atoms with van der Waals surface area (Å²) in [6.45, 7) is 1.80. The highest BCUT2D eigenvalue weighted by molar-refractivity contribution is 9.10. The molecule has 86 valence electrons. The first-order valence-electron chi connectivity index (χ1n) is 5.15. The lowest BCUT2D eigenvalue weighted by Gasteiger charge is -2.26. The molecule has 0 spiro atoms. The van der Waals surface area contributed by atoms with Gasteiger partial charge in [0.15, 0.2) is 5.75 Å². The number of para-hydroxylation sites is 1. The molecule has 5 heteroatoms. The lowest BCUT2D eigenvalue weighted by atomic mass is 9.99. The summed E-state index contributed by atoms with van der Waals surface area (Å²) < 4.78 is 0.579. The quantitative estimate of drug-likeness (QED) is 0.741. The standard InChI is InChI=1S/C11H13BrN2O2/c12-8-2-1-3-9(11(8)16)14-10(15)4-7-5-13-6-7/h1-3,7,13,16H,4-6H2,(H,14,15). The minimum Gasteiger partial charge on any atom is -0.505 e. The SMILES string of the molecule is O=C(CC1CNC1)Nc1cccc(Br)c1O. The van der Waals surface area contributed by atoms with Gasteiger partial charge in [-0.05, 0) is 47.1 Å². The molecule has 4 nitrogen and oxygen atoms in total. The maximum Gasteiger partial charge on any atom is 0.224 e. The lowest BCUT2D eigenvalue weighted by Crippen LogP contribution is -2.43. The molecule has 0 bridgehead atoms. The molecule has 1 amide bonds. The smallest absolute Gasteiger partial charge is 0.224 e. The van der Waals surface area contributed by atoms with Crippen molar-refractivity contribution >= 4 is 27.5 Å². The number of phenolic OH excluding ortho intramolecular Hbond substituents is 1. The second-order valence-electron chi connectivity index (χ2n) is 3.91. The molecule has 1 aliphatic heterocycles. The Labute approximate surface area is 102 Å². The highest BCUT2D eigenvalue weighted by Crippen LogP contribution is 2.31. The van der Waals surface area contributed by atoms with E-state index in [4.69, 9.17) is 0 Å². The first-order chi connectivity index (χ1) is 7.66. The molecule has 1 heterocycles. The zero-order valence-electron chi connectivity index (χ0n) is 8.66. The van der Waals surface area contributed by atoms with Crippen molar-refractivity contribution in [2.24, 2.45) is 5.92 Å². The van der Waals surface area contributed by atoms with Crippen LogP contribution < -0.4 is 10.6 Å². The third-order valence-corrected chi connectivity index (χ3v) is 3.24. The van der Waals surface area contributed by atoms with Gasteiger partial charge in [0.2, 0.25) is 5.91 Å². The molecule has 0 radical (unpaired) electrons. The molecule has 16 heavy (non-hydrogen) atoms. The maximum atomic E-state index is 11.6. The average molecular weight is 285 g/mol. The van der Waals surface area contributed by atoms with Crippen LogP contribution in [-0.2, 0) is 4.79 Å². The number of phenols is 1. The van der Waals surface area contributed by atoms with E-state index in [2.05, 4.69) is 26.6 Å². The van der Waals surface area contributed by atoms with E-state index in [0.717, 1.165) is 13.1 Å². The number of amides is 1. The van der Waals surface area contributed by atoms with Gasteiger partial charge in [-0.15, -0.1) is 0 Å². The van der Waals surface area contributed by atoms with E-state index in [1.807, 2.05) is 0 Å². The van der Waals surface area contributed by atoms with Gasteiger partial charge in [-0.3, -0.25) is 4.79 Å². The monoisotopic (exact) mass is 284 g/mol. The minimum absolute atomic E-state index is 0.0556. The average Bonchev–Trinajstić information content (AvgIpc) is 2.19. The minimum atomic E-state index is -0.0556. The molecule has 1 aliphatic rings. The number of anilines is 1. The highest BCUT2D eigenvalue weighted by Gasteiger charge is 2.20. The Hall–Kier alpha value is -1.07. The van der Waals surface area contributed by atoms with Gasteiger partial charge in [0.1, 0.15) is 0 Å². The van der Waals surface area contributed by atoms with Crippen LogP contribution in [0.15, 0.2) is 22.7 Å². The van der Waals surface area contributed by atoms with E-state index in [0.29, 0.717) is 22.5 Å². The number of hydrogen-bond acceptors (Lipinski definition) is 3. The molecular formula is C11H13BrN2O2. The van der Waals surface area contributed by atoms with Crippen LogP contribution >= 0.6 is 15.9 Å². The summed E-state index contributed by atoms with van der Waals surface area (Å²) in [6.07, 6.45) is 0.499. The van der Waals surface area contributed by atoms with Gasteiger partial charge in [-0.25, -0.2) is 0 Å². The number of carbonyl (C=O) groups is 1. The Morgan fingerprint density at radius 3 is 2.94 bits per heavy atom. The number of nitrogens with one attached hydrogen (secondary N) is 2. The fourth-order valence-corrected chi connectivity index (χ4v) is 1.94. The maximum absolute atomic E-state index is 11.6. The van der Waals surface area contributed by atoms with Crippen LogP contribution in [0.1, 0.15) is 6.42 Å². The number of benzene rings is 1. The largest absolute Gasteiger partial charge is 0.505 e. The number of halogens is 1. The van der Waals surface area contributed by atoms with Crippen LogP contribution in [0, 0.1) is 5.92 Å². The van der Waals surface area contributed by atoms with Crippen LogP contribution in [-0.4, -0.2) is 24.1 Å². The van der Waals surface area contributed by atoms with Gasteiger partial charge < -0.3 is 15.7 Å². The Kier molecular flexibility index (Phi) is 3.46. The van der Waals surface area contributed by atoms with Gasteiger partial charge in [-0.1, -0.05) is 6.07 Å². The van der Waals surface area contributed by atoms with E-state index in [1.54, 1.807) is 18.2 Å². The van der Waals surface area contributed by atoms with Crippen molar-refractivity contribution in [3.63, 3.8) is 0 Å². The third kappa shape index (κ3) is 2.54.